The Morgan fingerprint density at radius 3 is 2.95 bits per heavy atom. The quantitative estimate of drug-likeness (QED) is 0.610. The van der Waals surface area contributed by atoms with E-state index in [2.05, 4.69) is 22.1 Å². The molecule has 2 N–H and O–H groups in total. The van der Waals surface area contributed by atoms with E-state index in [0.717, 1.165) is 31.8 Å². The van der Waals surface area contributed by atoms with E-state index in [4.69, 9.17) is 0 Å². The molecule has 1 aromatic rings. The number of aromatic nitrogens is 1. The van der Waals surface area contributed by atoms with Gasteiger partial charge < -0.3 is 15.3 Å². The molecule has 21 heavy (non-hydrogen) atoms. The van der Waals surface area contributed by atoms with Crippen LogP contribution in [0.3, 0.4) is 0 Å². The lowest BCUT2D eigenvalue weighted by Crippen LogP contribution is -2.40. The minimum atomic E-state index is -0.550. The van der Waals surface area contributed by atoms with E-state index in [1.54, 1.807) is 6.07 Å². The van der Waals surface area contributed by atoms with E-state index in [9.17, 15) is 15.2 Å². The topological polar surface area (TPSA) is 91.5 Å². The number of nitrogens with zero attached hydrogens (tertiary/aromatic N) is 3. The highest BCUT2D eigenvalue weighted by molar-refractivity contribution is 5.59. The molecular formula is C14H22N4O3. The minimum Gasteiger partial charge on any atom is -0.390 e. The van der Waals surface area contributed by atoms with Gasteiger partial charge in [0.1, 0.15) is 11.9 Å². The smallest absolute Gasteiger partial charge is 0.310 e. The van der Waals surface area contributed by atoms with Crippen LogP contribution in [-0.4, -0.2) is 52.2 Å². The van der Waals surface area contributed by atoms with Crippen molar-refractivity contribution in [3.05, 3.63) is 28.6 Å². The first-order valence-electron chi connectivity index (χ1n) is 7.29. The van der Waals surface area contributed by atoms with Crippen molar-refractivity contribution in [2.45, 2.75) is 25.9 Å². The van der Waals surface area contributed by atoms with Gasteiger partial charge in [0.2, 0.25) is 0 Å². The molecule has 1 aromatic heterocycles. The number of pyridine rings is 1. The number of piperidine rings is 1. The van der Waals surface area contributed by atoms with Gasteiger partial charge in [0.25, 0.3) is 0 Å². The van der Waals surface area contributed by atoms with Gasteiger partial charge in [-0.05, 0) is 37.9 Å². The van der Waals surface area contributed by atoms with Gasteiger partial charge in [0.05, 0.1) is 11.0 Å². The van der Waals surface area contributed by atoms with Crippen molar-refractivity contribution in [2.75, 3.05) is 31.5 Å². The van der Waals surface area contributed by atoms with Crippen molar-refractivity contribution in [1.82, 2.24) is 9.88 Å². The zero-order valence-electron chi connectivity index (χ0n) is 12.2. The van der Waals surface area contributed by atoms with E-state index in [1.807, 2.05) is 0 Å². The van der Waals surface area contributed by atoms with E-state index >= 15 is 0 Å². The van der Waals surface area contributed by atoms with Gasteiger partial charge in [0, 0.05) is 19.3 Å². The second-order valence-electron chi connectivity index (χ2n) is 5.67. The molecule has 0 amide bonds. The zero-order chi connectivity index (χ0) is 15.2. The number of likely N-dealkylation sites (tertiary alicyclic amines) is 1. The maximum absolute atomic E-state index is 10.9. The lowest BCUT2D eigenvalue weighted by Gasteiger charge is -2.31. The SMILES string of the molecule is CC1CCN(C[C@H](O)CNc2ccncc2[N+](=O)[O-])CC1. The van der Waals surface area contributed by atoms with Crippen molar-refractivity contribution in [3.8, 4) is 0 Å². The van der Waals surface area contributed by atoms with Gasteiger partial charge in [-0.25, -0.2) is 0 Å². The standard InChI is InChI=1S/C14H22N4O3/c1-11-3-6-17(7-4-11)10-12(19)8-16-13-2-5-15-9-14(13)18(20)21/h2,5,9,11-12,19H,3-4,6-8,10H2,1H3,(H,15,16)/t12-/m1/s1. The highest BCUT2D eigenvalue weighted by Gasteiger charge is 2.19. The first kappa shape index (κ1) is 15.7. The predicted octanol–water partition coefficient (Wildman–Crippen LogP) is 1.49. The Kier molecular flexibility index (Phi) is 5.46. The van der Waals surface area contributed by atoms with Crippen molar-refractivity contribution in [2.24, 2.45) is 5.92 Å². The number of rotatable bonds is 6. The molecule has 116 valence electrons. The Bertz CT molecular complexity index is 475. The fourth-order valence-corrected chi connectivity index (χ4v) is 2.52. The summed E-state index contributed by atoms with van der Waals surface area (Å²) < 4.78 is 0. The van der Waals surface area contributed by atoms with Crippen LogP contribution in [-0.2, 0) is 0 Å². The lowest BCUT2D eigenvalue weighted by molar-refractivity contribution is -0.384. The van der Waals surface area contributed by atoms with E-state index < -0.39 is 11.0 Å². The van der Waals surface area contributed by atoms with Crippen LogP contribution in [0.15, 0.2) is 18.5 Å². The van der Waals surface area contributed by atoms with Gasteiger partial charge in [-0.3, -0.25) is 15.1 Å². The number of hydrogen-bond acceptors (Lipinski definition) is 6. The van der Waals surface area contributed by atoms with Crippen molar-refractivity contribution >= 4 is 11.4 Å². The molecule has 0 spiro atoms. The normalized spacial score (nSPS) is 18.4. The van der Waals surface area contributed by atoms with Crippen LogP contribution < -0.4 is 5.32 Å². The Labute approximate surface area is 124 Å². The molecule has 0 aromatic carbocycles. The molecule has 7 nitrogen and oxygen atoms in total. The largest absolute Gasteiger partial charge is 0.390 e. The maximum atomic E-state index is 10.9. The van der Waals surface area contributed by atoms with Crippen molar-refractivity contribution in [3.63, 3.8) is 0 Å². The molecule has 2 heterocycles. The predicted molar refractivity (Wildman–Crippen MR) is 80.2 cm³/mol. The molecule has 0 radical (unpaired) electrons. The van der Waals surface area contributed by atoms with Crippen LogP contribution in [0, 0.1) is 16.0 Å². The molecule has 7 heteroatoms. The van der Waals surface area contributed by atoms with Gasteiger partial charge in [-0.1, -0.05) is 6.92 Å². The second kappa shape index (κ2) is 7.33. The molecular weight excluding hydrogens is 272 g/mol. The molecule has 1 aliphatic rings. The summed E-state index contributed by atoms with van der Waals surface area (Å²) in [6.45, 7) is 5.15. The molecule has 1 fully saturated rings. The number of aliphatic hydroxyl groups is 1. The van der Waals surface area contributed by atoms with E-state index in [1.165, 1.54) is 12.4 Å². The minimum absolute atomic E-state index is 0.0727. The molecule has 0 aliphatic carbocycles. The molecule has 0 unspecified atom stereocenters. The number of anilines is 1. The third kappa shape index (κ3) is 4.64. The summed E-state index contributed by atoms with van der Waals surface area (Å²) >= 11 is 0. The second-order valence-corrected chi connectivity index (χ2v) is 5.67. The molecule has 1 atom stereocenters. The Morgan fingerprint density at radius 2 is 2.29 bits per heavy atom. The Balaban J connectivity index is 1.81. The molecule has 1 saturated heterocycles. The van der Waals surface area contributed by atoms with Crippen LogP contribution in [0.5, 0.6) is 0 Å². The van der Waals surface area contributed by atoms with Crippen LogP contribution in [0.2, 0.25) is 0 Å². The fraction of sp³-hybridized carbons (Fsp3) is 0.643. The summed E-state index contributed by atoms with van der Waals surface area (Å²) in [6, 6.07) is 1.55. The maximum Gasteiger partial charge on any atom is 0.310 e. The summed E-state index contributed by atoms with van der Waals surface area (Å²) in [5, 5.41) is 23.9. The first-order chi connectivity index (χ1) is 10.1. The fourth-order valence-electron chi connectivity index (χ4n) is 2.52. The molecule has 1 aliphatic heterocycles. The first-order valence-corrected chi connectivity index (χ1v) is 7.29. The average molecular weight is 294 g/mol. The zero-order valence-corrected chi connectivity index (χ0v) is 12.2. The van der Waals surface area contributed by atoms with Crippen LogP contribution >= 0.6 is 0 Å². The summed E-state index contributed by atoms with van der Waals surface area (Å²) in [4.78, 5) is 16.4. The van der Waals surface area contributed by atoms with Crippen molar-refractivity contribution < 1.29 is 10.0 Å². The van der Waals surface area contributed by atoms with E-state index in [0.29, 0.717) is 12.2 Å². The number of nitrogens with one attached hydrogen (secondary N) is 1. The number of aliphatic hydroxyl groups excluding tert-OH is 1. The number of nitro groups is 1. The van der Waals surface area contributed by atoms with Gasteiger partial charge >= 0.3 is 5.69 Å². The Hall–Kier alpha value is -1.73. The Morgan fingerprint density at radius 1 is 1.57 bits per heavy atom. The molecule has 0 saturated carbocycles. The van der Waals surface area contributed by atoms with Gasteiger partial charge in [-0.15, -0.1) is 0 Å². The number of β-amino-alcohol motifs (C(OH)–C–C–N with tert-alkyl or cyclic N) is 1. The summed E-state index contributed by atoms with van der Waals surface area (Å²) in [5.41, 5.74) is 0.317. The molecule has 2 rings (SSSR count). The van der Waals surface area contributed by atoms with E-state index in [-0.39, 0.29) is 12.2 Å². The summed E-state index contributed by atoms with van der Waals surface area (Å²) in [5.74, 6) is 0.760. The highest BCUT2D eigenvalue weighted by atomic mass is 16.6. The summed E-state index contributed by atoms with van der Waals surface area (Å²) in [6.07, 6.45) is 4.48. The van der Waals surface area contributed by atoms with Crippen LogP contribution in [0.4, 0.5) is 11.4 Å². The highest BCUT2D eigenvalue weighted by Crippen LogP contribution is 2.22. The average Bonchev–Trinajstić information content (AvgIpc) is 2.48. The third-order valence-corrected chi connectivity index (χ3v) is 3.87. The number of hydrogen-bond donors (Lipinski definition) is 2. The summed E-state index contributed by atoms with van der Waals surface area (Å²) in [7, 11) is 0. The lowest BCUT2D eigenvalue weighted by atomic mass is 9.99. The van der Waals surface area contributed by atoms with Crippen LogP contribution in [0.1, 0.15) is 19.8 Å². The van der Waals surface area contributed by atoms with Crippen LogP contribution in [0.25, 0.3) is 0 Å². The monoisotopic (exact) mass is 294 g/mol. The van der Waals surface area contributed by atoms with Gasteiger partial charge in [-0.2, -0.15) is 0 Å². The third-order valence-electron chi connectivity index (χ3n) is 3.87. The van der Waals surface area contributed by atoms with Crippen molar-refractivity contribution in [1.29, 1.82) is 0 Å². The van der Waals surface area contributed by atoms with Gasteiger partial charge in [0.15, 0.2) is 0 Å². The molecule has 0 bridgehead atoms.